The Bertz CT molecular complexity index is 1180. The smallest absolute Gasteiger partial charge is 0.227 e. The number of nitrogen functional groups attached to an aromatic ring is 1. The Morgan fingerprint density at radius 1 is 1.28 bits per heavy atom. The predicted molar refractivity (Wildman–Crippen MR) is 109 cm³/mol. The molecule has 0 unspecified atom stereocenters. The molecular weight excluding hydrogens is 371 g/mol. The first-order valence-electron chi connectivity index (χ1n) is 9.50. The van der Waals surface area contributed by atoms with E-state index in [1.165, 1.54) is 0 Å². The van der Waals surface area contributed by atoms with E-state index in [9.17, 15) is 4.39 Å². The summed E-state index contributed by atoms with van der Waals surface area (Å²) < 4.78 is 13.3. The van der Waals surface area contributed by atoms with Gasteiger partial charge in [-0.1, -0.05) is 0 Å². The van der Waals surface area contributed by atoms with E-state index < -0.39 is 6.17 Å². The third-order valence-electron chi connectivity index (χ3n) is 5.54. The minimum Gasteiger partial charge on any atom is -0.383 e. The molecule has 0 amide bonds. The summed E-state index contributed by atoms with van der Waals surface area (Å²) >= 11 is 0. The number of hydrogen-bond donors (Lipinski definition) is 3. The molecule has 0 radical (unpaired) electrons. The molecule has 0 aromatic carbocycles. The average Bonchev–Trinajstić information content (AvgIpc) is 3.13. The number of nitrogens with zero attached hydrogens (tertiary/aromatic N) is 5. The Balaban J connectivity index is 1.39. The van der Waals surface area contributed by atoms with Gasteiger partial charge < -0.3 is 15.6 Å². The van der Waals surface area contributed by atoms with E-state index in [-0.39, 0.29) is 12.0 Å². The number of rotatable bonds is 5. The van der Waals surface area contributed by atoms with Crippen molar-refractivity contribution in [1.82, 2.24) is 30.1 Å². The molecule has 9 heteroatoms. The van der Waals surface area contributed by atoms with Crippen LogP contribution in [-0.2, 0) is 0 Å². The summed E-state index contributed by atoms with van der Waals surface area (Å²) in [5.74, 6) is 0.736. The number of alkyl halides is 1. The second-order valence-electron chi connectivity index (χ2n) is 7.47. The Morgan fingerprint density at radius 2 is 2.10 bits per heavy atom. The maximum atomic E-state index is 13.3. The molecule has 0 aliphatic heterocycles. The van der Waals surface area contributed by atoms with E-state index >= 15 is 0 Å². The van der Waals surface area contributed by atoms with Gasteiger partial charge in [0.2, 0.25) is 5.95 Å². The maximum Gasteiger partial charge on any atom is 0.227 e. The minimum absolute atomic E-state index is 0.0482. The van der Waals surface area contributed by atoms with Crippen molar-refractivity contribution in [3.8, 4) is 11.3 Å². The molecule has 0 spiro atoms. The van der Waals surface area contributed by atoms with Gasteiger partial charge in [-0.3, -0.25) is 5.10 Å². The van der Waals surface area contributed by atoms with Crippen LogP contribution in [0.1, 0.15) is 36.7 Å². The van der Waals surface area contributed by atoms with Gasteiger partial charge in [0.15, 0.2) is 0 Å². The maximum absolute atomic E-state index is 13.3. The number of anilines is 2. The molecule has 29 heavy (non-hydrogen) atoms. The molecule has 4 aromatic rings. The average molecular weight is 392 g/mol. The molecule has 1 fully saturated rings. The van der Waals surface area contributed by atoms with Crippen molar-refractivity contribution < 1.29 is 4.39 Å². The molecular formula is C20H21FN8. The van der Waals surface area contributed by atoms with Crippen molar-refractivity contribution in [1.29, 1.82) is 0 Å². The monoisotopic (exact) mass is 392 g/mol. The zero-order chi connectivity index (χ0) is 20.1. The summed E-state index contributed by atoms with van der Waals surface area (Å²) in [5.41, 5.74) is 11.1. The van der Waals surface area contributed by atoms with Crippen LogP contribution >= 0.6 is 0 Å². The van der Waals surface area contributed by atoms with Gasteiger partial charge in [-0.2, -0.15) is 10.1 Å². The van der Waals surface area contributed by atoms with Crippen molar-refractivity contribution in [2.75, 3.05) is 17.7 Å². The molecule has 148 valence electrons. The summed E-state index contributed by atoms with van der Waals surface area (Å²) in [5, 5.41) is 7.14. The molecule has 8 nitrogen and oxygen atoms in total. The predicted octanol–water partition coefficient (Wildman–Crippen LogP) is 3.35. The van der Waals surface area contributed by atoms with Crippen molar-refractivity contribution in [3.05, 3.63) is 48.0 Å². The summed E-state index contributed by atoms with van der Waals surface area (Å²) in [7, 11) is 1.91. The van der Waals surface area contributed by atoms with E-state index in [4.69, 9.17) is 10.7 Å². The Hall–Kier alpha value is -3.49. The van der Waals surface area contributed by atoms with Crippen LogP contribution in [-0.4, -0.2) is 43.4 Å². The molecule has 5 rings (SSSR count). The van der Waals surface area contributed by atoms with Crippen molar-refractivity contribution >= 4 is 22.8 Å². The first kappa shape index (κ1) is 17.6. The number of aromatic amines is 2. The second-order valence-corrected chi connectivity index (χ2v) is 7.47. The second kappa shape index (κ2) is 6.54. The fourth-order valence-corrected chi connectivity index (χ4v) is 3.46. The number of pyridine rings is 1. The topological polar surface area (TPSA) is 112 Å². The van der Waals surface area contributed by atoms with E-state index in [1.807, 2.05) is 49.3 Å². The lowest BCUT2D eigenvalue weighted by Gasteiger charge is -2.24. The van der Waals surface area contributed by atoms with Crippen LogP contribution in [0.15, 0.2) is 36.7 Å². The van der Waals surface area contributed by atoms with Gasteiger partial charge in [0.25, 0.3) is 0 Å². The number of nitrogens with two attached hydrogens (primary N) is 1. The highest BCUT2D eigenvalue weighted by Gasteiger charge is 2.40. The van der Waals surface area contributed by atoms with Gasteiger partial charge in [-0.05, 0) is 37.6 Å². The summed E-state index contributed by atoms with van der Waals surface area (Å²) in [4.78, 5) is 18.7. The minimum atomic E-state index is -0.784. The number of H-pyrrole nitrogens is 2. The molecule has 0 bridgehead atoms. The summed E-state index contributed by atoms with van der Waals surface area (Å²) in [6.45, 7) is 2.04. The lowest BCUT2D eigenvalue weighted by atomic mass is 10.2. The lowest BCUT2D eigenvalue weighted by molar-refractivity contribution is 0.466. The third kappa shape index (κ3) is 3.08. The van der Waals surface area contributed by atoms with E-state index in [2.05, 4.69) is 25.1 Å². The highest BCUT2D eigenvalue weighted by Crippen LogP contribution is 2.43. The molecule has 4 heterocycles. The fraction of sp³-hybridized carbons (Fsp3) is 0.300. The largest absolute Gasteiger partial charge is 0.383 e. The molecule has 1 aliphatic rings. The third-order valence-corrected chi connectivity index (χ3v) is 5.54. The number of fused-ring (bicyclic) bond motifs is 1. The van der Waals surface area contributed by atoms with Crippen LogP contribution in [0, 0.1) is 0 Å². The van der Waals surface area contributed by atoms with Gasteiger partial charge in [0, 0.05) is 31.1 Å². The highest BCUT2D eigenvalue weighted by molar-refractivity contribution is 5.75. The normalized spacial score (nSPS) is 19.4. The number of halogens is 1. The van der Waals surface area contributed by atoms with Crippen LogP contribution in [0.2, 0.25) is 0 Å². The molecule has 0 saturated heterocycles. The van der Waals surface area contributed by atoms with Crippen LogP contribution in [0.3, 0.4) is 0 Å². The standard InChI is InChI=1S/C20H21FN8/c1-10(14-3-4-15-16(25-14)5-6-23-15)29(2)20-24-9-12(19(22)26-20)18-8-17(27-28-18)11-7-13(11)21/h3-6,8-11,13,23H,7H2,1-2H3,(H,27,28)(H2,22,24,26)/t10-,11-,13+/m1/s1. The fourth-order valence-electron chi connectivity index (χ4n) is 3.46. The molecule has 1 aliphatic carbocycles. The number of aromatic nitrogens is 6. The molecule has 1 saturated carbocycles. The van der Waals surface area contributed by atoms with Gasteiger partial charge >= 0.3 is 0 Å². The number of hydrogen-bond acceptors (Lipinski definition) is 6. The van der Waals surface area contributed by atoms with Gasteiger partial charge in [0.05, 0.1) is 34.0 Å². The van der Waals surface area contributed by atoms with Crippen LogP contribution in [0.4, 0.5) is 16.2 Å². The van der Waals surface area contributed by atoms with E-state index in [0.717, 1.165) is 22.4 Å². The summed E-state index contributed by atoms with van der Waals surface area (Å²) in [6, 6.07) is 7.71. The molecule has 4 N–H and O–H groups in total. The summed E-state index contributed by atoms with van der Waals surface area (Å²) in [6.07, 6.45) is 3.28. The van der Waals surface area contributed by atoms with Crippen LogP contribution in [0.25, 0.3) is 22.3 Å². The van der Waals surface area contributed by atoms with Gasteiger partial charge in [-0.25, -0.2) is 14.4 Å². The van der Waals surface area contributed by atoms with E-state index in [1.54, 1.807) is 6.20 Å². The quantitative estimate of drug-likeness (QED) is 0.480. The highest BCUT2D eigenvalue weighted by atomic mass is 19.1. The van der Waals surface area contributed by atoms with Crippen LogP contribution < -0.4 is 10.6 Å². The van der Waals surface area contributed by atoms with Crippen molar-refractivity contribution in [2.24, 2.45) is 0 Å². The molecule has 4 aromatic heterocycles. The lowest BCUT2D eigenvalue weighted by Crippen LogP contribution is -2.24. The first-order valence-corrected chi connectivity index (χ1v) is 9.50. The zero-order valence-corrected chi connectivity index (χ0v) is 16.1. The Kier molecular flexibility index (Phi) is 3.97. The van der Waals surface area contributed by atoms with Crippen molar-refractivity contribution in [2.45, 2.75) is 31.5 Å². The SMILES string of the molecule is C[C@H](c1ccc2[nH]ccc2n1)N(C)c1ncc(-c2cc([C@@H]3C[C@@H]3F)[nH]n2)c(N)n1. The first-order chi connectivity index (χ1) is 14.0. The molecule has 3 atom stereocenters. The van der Waals surface area contributed by atoms with Gasteiger partial charge in [-0.15, -0.1) is 0 Å². The van der Waals surface area contributed by atoms with Crippen molar-refractivity contribution in [3.63, 3.8) is 0 Å². The van der Waals surface area contributed by atoms with E-state index in [0.29, 0.717) is 29.4 Å². The number of nitrogens with one attached hydrogen (secondary N) is 2. The Morgan fingerprint density at radius 3 is 2.86 bits per heavy atom. The Labute approximate surface area is 166 Å². The zero-order valence-electron chi connectivity index (χ0n) is 16.1. The van der Waals surface area contributed by atoms with Gasteiger partial charge in [0.1, 0.15) is 12.0 Å². The van der Waals surface area contributed by atoms with Crippen LogP contribution in [0.5, 0.6) is 0 Å².